The Morgan fingerprint density at radius 1 is 1.24 bits per heavy atom. The first-order valence-corrected chi connectivity index (χ1v) is 7.83. The van der Waals surface area contributed by atoms with Crippen LogP contribution in [0.4, 0.5) is 10.1 Å². The van der Waals surface area contributed by atoms with Crippen LogP contribution in [-0.4, -0.2) is 25.1 Å². The number of esters is 1. The van der Waals surface area contributed by atoms with Crippen molar-refractivity contribution in [3.05, 3.63) is 64.4 Å². The number of rotatable bonds is 6. The van der Waals surface area contributed by atoms with Crippen LogP contribution in [0.15, 0.2) is 42.5 Å². The van der Waals surface area contributed by atoms with Crippen molar-refractivity contribution in [2.45, 2.75) is 19.6 Å². The van der Waals surface area contributed by atoms with Gasteiger partial charge in [-0.25, -0.2) is 9.18 Å². The highest BCUT2D eigenvalue weighted by Crippen LogP contribution is 2.22. The van der Waals surface area contributed by atoms with E-state index in [1.807, 2.05) is 6.07 Å². The van der Waals surface area contributed by atoms with Gasteiger partial charge in [-0.2, -0.15) is 0 Å². The first-order chi connectivity index (χ1) is 11.9. The summed E-state index contributed by atoms with van der Waals surface area (Å²) in [7, 11) is 1.55. The molecule has 5 nitrogen and oxygen atoms in total. The number of benzene rings is 2. The molecule has 2 aromatic carbocycles. The van der Waals surface area contributed by atoms with Gasteiger partial charge in [0.25, 0.3) is 5.91 Å². The molecular formula is C18H17ClFNO4. The molecule has 0 bridgehead atoms. The fourth-order valence-electron chi connectivity index (χ4n) is 2.06. The zero-order chi connectivity index (χ0) is 18.4. The molecule has 2 rings (SSSR count). The summed E-state index contributed by atoms with van der Waals surface area (Å²) in [6.07, 6.45) is -1.06. The van der Waals surface area contributed by atoms with Crippen LogP contribution in [0.2, 0.25) is 5.02 Å². The molecule has 0 aromatic heterocycles. The fourth-order valence-corrected chi connectivity index (χ4v) is 2.28. The van der Waals surface area contributed by atoms with Gasteiger partial charge >= 0.3 is 5.97 Å². The van der Waals surface area contributed by atoms with Gasteiger partial charge in [0, 0.05) is 7.11 Å². The molecule has 132 valence electrons. The Labute approximate surface area is 149 Å². The predicted molar refractivity (Wildman–Crippen MR) is 92.1 cm³/mol. The van der Waals surface area contributed by atoms with Crippen LogP contribution in [0.1, 0.15) is 22.8 Å². The topological polar surface area (TPSA) is 64.6 Å². The summed E-state index contributed by atoms with van der Waals surface area (Å²) in [4.78, 5) is 24.3. The highest BCUT2D eigenvalue weighted by atomic mass is 35.5. The van der Waals surface area contributed by atoms with Crippen molar-refractivity contribution in [3.8, 4) is 0 Å². The number of hydrogen-bond acceptors (Lipinski definition) is 4. The minimum atomic E-state index is -1.06. The van der Waals surface area contributed by atoms with Crippen molar-refractivity contribution in [1.82, 2.24) is 0 Å². The minimum absolute atomic E-state index is 0.0548. The van der Waals surface area contributed by atoms with E-state index >= 15 is 0 Å². The van der Waals surface area contributed by atoms with Crippen LogP contribution in [-0.2, 0) is 20.9 Å². The molecule has 1 atom stereocenters. The molecule has 0 saturated carbocycles. The second-order valence-electron chi connectivity index (χ2n) is 5.29. The Balaban J connectivity index is 2.00. The molecule has 25 heavy (non-hydrogen) atoms. The second-order valence-corrected chi connectivity index (χ2v) is 5.70. The van der Waals surface area contributed by atoms with Gasteiger partial charge < -0.3 is 14.8 Å². The first-order valence-electron chi connectivity index (χ1n) is 7.45. The van der Waals surface area contributed by atoms with E-state index in [-0.39, 0.29) is 10.7 Å². The average Bonchev–Trinajstić information content (AvgIpc) is 2.57. The average molecular weight is 366 g/mol. The molecular weight excluding hydrogens is 349 g/mol. The van der Waals surface area contributed by atoms with Crippen LogP contribution in [0.3, 0.4) is 0 Å². The maximum Gasteiger partial charge on any atom is 0.338 e. The van der Waals surface area contributed by atoms with E-state index in [1.54, 1.807) is 25.3 Å². The number of carbonyl (C=O) groups is 2. The fraction of sp³-hybridized carbons (Fsp3) is 0.222. The van der Waals surface area contributed by atoms with Crippen LogP contribution in [0.25, 0.3) is 0 Å². The van der Waals surface area contributed by atoms with E-state index in [0.717, 1.165) is 11.6 Å². The monoisotopic (exact) mass is 365 g/mol. The highest BCUT2D eigenvalue weighted by Gasteiger charge is 2.20. The lowest BCUT2D eigenvalue weighted by Crippen LogP contribution is -2.30. The van der Waals surface area contributed by atoms with Crippen LogP contribution < -0.4 is 5.32 Å². The minimum Gasteiger partial charge on any atom is -0.449 e. The smallest absolute Gasteiger partial charge is 0.338 e. The van der Waals surface area contributed by atoms with E-state index in [9.17, 15) is 14.0 Å². The number of ether oxygens (including phenoxy) is 2. The first kappa shape index (κ1) is 18.9. The van der Waals surface area contributed by atoms with Gasteiger partial charge in [-0.3, -0.25) is 4.79 Å². The normalized spacial score (nSPS) is 11.7. The lowest BCUT2D eigenvalue weighted by molar-refractivity contribution is -0.123. The second kappa shape index (κ2) is 8.60. The number of methoxy groups -OCH3 is 1. The van der Waals surface area contributed by atoms with Crippen LogP contribution >= 0.6 is 11.6 Å². The van der Waals surface area contributed by atoms with Crippen molar-refractivity contribution in [2.75, 3.05) is 12.4 Å². The third-order valence-corrected chi connectivity index (χ3v) is 3.63. The van der Waals surface area contributed by atoms with Gasteiger partial charge in [-0.15, -0.1) is 0 Å². The third-order valence-electron chi connectivity index (χ3n) is 3.32. The highest BCUT2D eigenvalue weighted by molar-refractivity contribution is 6.33. The van der Waals surface area contributed by atoms with Gasteiger partial charge in [-0.05, 0) is 42.8 Å². The summed E-state index contributed by atoms with van der Waals surface area (Å²) < 4.78 is 23.2. The maximum absolute atomic E-state index is 13.0. The Bertz CT molecular complexity index is 781. The van der Waals surface area contributed by atoms with Crippen LogP contribution in [0.5, 0.6) is 0 Å². The Morgan fingerprint density at radius 3 is 2.68 bits per heavy atom. The van der Waals surface area contributed by atoms with Gasteiger partial charge in [0.1, 0.15) is 5.82 Å². The molecule has 0 heterocycles. The zero-order valence-corrected chi connectivity index (χ0v) is 14.5. The molecule has 0 spiro atoms. The summed E-state index contributed by atoms with van der Waals surface area (Å²) >= 11 is 5.85. The molecule has 0 aliphatic heterocycles. The molecule has 0 fully saturated rings. The van der Waals surface area contributed by atoms with Crippen molar-refractivity contribution < 1.29 is 23.5 Å². The molecule has 2 aromatic rings. The molecule has 0 saturated heterocycles. The largest absolute Gasteiger partial charge is 0.449 e. The summed E-state index contributed by atoms with van der Waals surface area (Å²) in [6.45, 7) is 1.80. The standard InChI is InChI=1S/C18H17ClFNO4/c1-11(17(22)21-16-7-6-14(20)9-15(16)19)25-18(23)13-5-3-4-12(8-13)10-24-2/h3-9,11H,10H2,1-2H3,(H,21,22)/t11-/m1/s1. The number of halogens is 2. The number of carbonyl (C=O) groups excluding carboxylic acids is 2. The molecule has 0 aliphatic carbocycles. The van der Waals surface area contributed by atoms with E-state index in [1.165, 1.54) is 19.1 Å². The van der Waals surface area contributed by atoms with E-state index < -0.39 is 23.8 Å². The van der Waals surface area contributed by atoms with Crippen molar-refractivity contribution in [1.29, 1.82) is 0 Å². The summed E-state index contributed by atoms with van der Waals surface area (Å²) in [6, 6.07) is 10.3. The van der Waals surface area contributed by atoms with E-state index in [2.05, 4.69) is 5.32 Å². The number of nitrogens with one attached hydrogen (secondary N) is 1. The SMILES string of the molecule is COCc1cccc(C(=O)O[C@H](C)C(=O)Nc2ccc(F)cc2Cl)c1. The van der Waals surface area contributed by atoms with Gasteiger partial charge in [0.15, 0.2) is 6.10 Å². The van der Waals surface area contributed by atoms with Gasteiger partial charge in [-0.1, -0.05) is 23.7 Å². The number of hydrogen-bond donors (Lipinski definition) is 1. The van der Waals surface area contributed by atoms with Crippen LogP contribution in [0, 0.1) is 5.82 Å². The third kappa shape index (κ3) is 5.27. The predicted octanol–water partition coefficient (Wildman–Crippen LogP) is 3.81. The molecule has 0 unspecified atom stereocenters. The lowest BCUT2D eigenvalue weighted by atomic mass is 10.1. The quantitative estimate of drug-likeness (QED) is 0.790. The molecule has 0 aliphatic rings. The molecule has 7 heteroatoms. The molecule has 1 N–H and O–H groups in total. The Kier molecular flexibility index (Phi) is 6.50. The molecule has 1 amide bonds. The van der Waals surface area contributed by atoms with E-state index in [0.29, 0.717) is 12.2 Å². The summed E-state index contributed by atoms with van der Waals surface area (Å²) in [5.41, 5.74) is 1.36. The number of anilines is 1. The maximum atomic E-state index is 13.0. The lowest BCUT2D eigenvalue weighted by Gasteiger charge is -2.14. The van der Waals surface area contributed by atoms with E-state index in [4.69, 9.17) is 21.1 Å². The summed E-state index contributed by atoms with van der Waals surface area (Å²) in [5.74, 6) is -1.72. The Morgan fingerprint density at radius 2 is 2.00 bits per heavy atom. The van der Waals surface area contributed by atoms with Crippen molar-refractivity contribution in [2.24, 2.45) is 0 Å². The summed E-state index contributed by atoms with van der Waals surface area (Å²) in [5, 5.41) is 2.55. The molecule has 0 radical (unpaired) electrons. The van der Waals surface area contributed by atoms with Crippen molar-refractivity contribution in [3.63, 3.8) is 0 Å². The van der Waals surface area contributed by atoms with Gasteiger partial charge in [0.05, 0.1) is 22.9 Å². The van der Waals surface area contributed by atoms with Crippen molar-refractivity contribution >= 4 is 29.2 Å². The zero-order valence-electron chi connectivity index (χ0n) is 13.7. The number of amides is 1. The van der Waals surface area contributed by atoms with Gasteiger partial charge in [0.2, 0.25) is 0 Å². The Hall–Kier alpha value is -2.44.